The average Bonchev–Trinajstić information content (AvgIpc) is 3.52. The fourth-order valence-electron chi connectivity index (χ4n) is 4.75. The average molecular weight is 690 g/mol. The number of amides is 3. The quantitative estimate of drug-likeness (QED) is 0.0690. The van der Waals surface area contributed by atoms with Gasteiger partial charge in [-0.2, -0.15) is 0 Å². The minimum absolute atomic E-state index is 0.0587. The van der Waals surface area contributed by atoms with Crippen LogP contribution in [0.4, 0.5) is 10.7 Å². The first-order chi connectivity index (χ1) is 23.7. The van der Waals surface area contributed by atoms with Gasteiger partial charge in [0.25, 0.3) is 11.8 Å². The Morgan fingerprint density at radius 2 is 1.51 bits per heavy atom. The molecule has 0 saturated carbocycles. The summed E-state index contributed by atoms with van der Waals surface area (Å²) in [5.74, 6) is -1.65. The van der Waals surface area contributed by atoms with Crippen LogP contribution in [0, 0.1) is 13.8 Å². The second-order valence-corrected chi connectivity index (χ2v) is 13.0. The topological polar surface area (TPSA) is 114 Å². The lowest BCUT2D eigenvalue weighted by Crippen LogP contribution is -2.30. The summed E-state index contributed by atoms with van der Waals surface area (Å²) in [4.78, 5) is 53.2. The number of carbonyl (C=O) groups excluding carboxylic acids is 4. The van der Waals surface area contributed by atoms with E-state index in [0.717, 1.165) is 27.1 Å². The molecule has 0 radical (unpaired) electrons. The third-order valence-corrected chi connectivity index (χ3v) is 9.15. The van der Waals surface area contributed by atoms with Crippen LogP contribution in [0.1, 0.15) is 44.3 Å². The number of thioether (sulfide) groups is 1. The van der Waals surface area contributed by atoms with Crippen LogP contribution >= 0.6 is 23.1 Å². The fraction of sp³-hybridized carbons (Fsp3) is 0.128. The SMILES string of the molecule is CCOC(=O)c1c(-c2ccc(C)cc2)csc1NC(=O)CSc1cccc(NC(=O)/C(=C/c2ccc(C)cc2)NC(=O)c2ccccc2)c1. The maximum Gasteiger partial charge on any atom is 0.341 e. The van der Waals surface area contributed by atoms with Crippen molar-refractivity contribution >= 4 is 63.6 Å². The Morgan fingerprint density at radius 3 is 2.20 bits per heavy atom. The molecular weight excluding hydrogens is 655 g/mol. The number of carbonyl (C=O) groups is 4. The largest absolute Gasteiger partial charge is 0.462 e. The molecule has 5 aromatic rings. The zero-order chi connectivity index (χ0) is 34.8. The third kappa shape index (κ3) is 9.56. The Hall–Kier alpha value is -5.45. The number of benzene rings is 4. The minimum Gasteiger partial charge on any atom is -0.462 e. The summed E-state index contributed by atoms with van der Waals surface area (Å²) >= 11 is 2.55. The first-order valence-electron chi connectivity index (χ1n) is 15.5. The van der Waals surface area contributed by atoms with Crippen molar-refractivity contribution < 1.29 is 23.9 Å². The summed E-state index contributed by atoms with van der Waals surface area (Å²) in [6, 6.07) is 31.2. The van der Waals surface area contributed by atoms with E-state index >= 15 is 0 Å². The molecule has 0 spiro atoms. The van der Waals surface area contributed by atoms with Gasteiger partial charge in [0.2, 0.25) is 5.91 Å². The summed E-state index contributed by atoms with van der Waals surface area (Å²) < 4.78 is 5.32. The molecule has 3 amide bonds. The molecule has 0 aliphatic carbocycles. The van der Waals surface area contributed by atoms with Crippen molar-refractivity contribution in [3.05, 3.63) is 142 Å². The molecule has 1 aromatic heterocycles. The Kier molecular flexibility index (Phi) is 11.8. The molecule has 0 fully saturated rings. The van der Waals surface area contributed by atoms with Gasteiger partial charge in [-0.05, 0) is 68.3 Å². The van der Waals surface area contributed by atoms with E-state index in [1.165, 1.54) is 23.1 Å². The van der Waals surface area contributed by atoms with Crippen LogP contribution in [-0.4, -0.2) is 36.1 Å². The number of aryl methyl sites for hydroxylation is 2. The summed E-state index contributed by atoms with van der Waals surface area (Å²) in [5.41, 5.74) is 5.79. The number of hydrogen-bond donors (Lipinski definition) is 3. The van der Waals surface area contributed by atoms with Gasteiger partial charge in [-0.25, -0.2) is 4.79 Å². The zero-order valence-corrected chi connectivity index (χ0v) is 28.9. The first kappa shape index (κ1) is 34.9. The highest BCUT2D eigenvalue weighted by Gasteiger charge is 2.23. The van der Waals surface area contributed by atoms with Gasteiger partial charge in [-0.1, -0.05) is 83.9 Å². The maximum absolute atomic E-state index is 13.5. The lowest BCUT2D eigenvalue weighted by Gasteiger charge is -2.12. The van der Waals surface area contributed by atoms with E-state index in [9.17, 15) is 19.2 Å². The van der Waals surface area contributed by atoms with Gasteiger partial charge in [0.15, 0.2) is 0 Å². The van der Waals surface area contributed by atoms with E-state index in [1.54, 1.807) is 55.5 Å². The number of nitrogens with one attached hydrogen (secondary N) is 3. The highest BCUT2D eigenvalue weighted by atomic mass is 32.2. The zero-order valence-electron chi connectivity index (χ0n) is 27.2. The molecule has 0 saturated heterocycles. The van der Waals surface area contributed by atoms with E-state index < -0.39 is 17.8 Å². The molecule has 3 N–H and O–H groups in total. The lowest BCUT2D eigenvalue weighted by molar-refractivity contribution is -0.114. The third-order valence-electron chi connectivity index (χ3n) is 7.27. The van der Waals surface area contributed by atoms with Crippen LogP contribution in [0.15, 0.2) is 119 Å². The van der Waals surface area contributed by atoms with Crippen molar-refractivity contribution in [3.8, 4) is 11.1 Å². The Balaban J connectivity index is 1.27. The summed E-state index contributed by atoms with van der Waals surface area (Å²) in [6.07, 6.45) is 1.62. The van der Waals surface area contributed by atoms with Crippen molar-refractivity contribution in [2.24, 2.45) is 0 Å². The summed E-state index contributed by atoms with van der Waals surface area (Å²) in [7, 11) is 0. The van der Waals surface area contributed by atoms with Crippen molar-refractivity contribution in [1.29, 1.82) is 0 Å². The molecule has 1 heterocycles. The molecule has 5 rings (SSSR count). The Bertz CT molecular complexity index is 1990. The summed E-state index contributed by atoms with van der Waals surface area (Å²) in [6.45, 7) is 5.91. The smallest absolute Gasteiger partial charge is 0.341 e. The van der Waals surface area contributed by atoms with E-state index in [4.69, 9.17) is 4.74 Å². The van der Waals surface area contributed by atoms with Crippen LogP contribution in [0.3, 0.4) is 0 Å². The van der Waals surface area contributed by atoms with Gasteiger partial charge in [-0.3, -0.25) is 14.4 Å². The molecule has 8 nitrogen and oxygen atoms in total. The number of ether oxygens (including phenoxy) is 1. The van der Waals surface area contributed by atoms with E-state index in [-0.39, 0.29) is 24.0 Å². The standard InChI is InChI=1S/C39H35N3O5S2/c1-4-47-39(46)35-32(28-19-15-26(3)16-20-28)23-49-38(35)42-34(43)24-48-31-12-8-11-30(22-31)40-37(45)33(21-27-17-13-25(2)14-18-27)41-36(44)29-9-6-5-7-10-29/h5-23H,4,24H2,1-3H3,(H,40,45)(H,41,44)(H,42,43)/b33-21-. The van der Waals surface area contributed by atoms with E-state index in [0.29, 0.717) is 27.4 Å². The van der Waals surface area contributed by atoms with Gasteiger partial charge in [0.05, 0.1) is 12.4 Å². The molecule has 0 atom stereocenters. The molecule has 0 unspecified atom stereocenters. The van der Waals surface area contributed by atoms with Gasteiger partial charge >= 0.3 is 5.97 Å². The Morgan fingerprint density at radius 1 is 0.816 bits per heavy atom. The number of hydrogen-bond acceptors (Lipinski definition) is 7. The van der Waals surface area contributed by atoms with Crippen LogP contribution < -0.4 is 16.0 Å². The number of esters is 1. The van der Waals surface area contributed by atoms with Crippen LogP contribution in [0.2, 0.25) is 0 Å². The lowest BCUT2D eigenvalue weighted by atomic mass is 10.0. The van der Waals surface area contributed by atoms with Crippen LogP contribution in [0.5, 0.6) is 0 Å². The molecule has 0 bridgehead atoms. The first-order valence-corrected chi connectivity index (χ1v) is 17.4. The van der Waals surface area contributed by atoms with Crippen molar-refractivity contribution in [2.45, 2.75) is 25.7 Å². The molecule has 0 aliphatic rings. The Labute approximate surface area is 293 Å². The van der Waals surface area contributed by atoms with Crippen molar-refractivity contribution in [3.63, 3.8) is 0 Å². The molecular formula is C39H35N3O5S2. The number of rotatable bonds is 12. The fourth-order valence-corrected chi connectivity index (χ4v) is 6.48. The van der Waals surface area contributed by atoms with Gasteiger partial charge in [0.1, 0.15) is 16.3 Å². The van der Waals surface area contributed by atoms with Gasteiger partial charge in [-0.15, -0.1) is 23.1 Å². The number of anilines is 2. The van der Waals surface area contributed by atoms with Crippen LogP contribution in [0.25, 0.3) is 17.2 Å². The normalized spacial score (nSPS) is 11.0. The molecule has 4 aromatic carbocycles. The molecule has 0 aliphatic heterocycles. The van der Waals surface area contributed by atoms with Crippen molar-refractivity contribution in [2.75, 3.05) is 23.0 Å². The minimum atomic E-state index is -0.502. The number of thiophene rings is 1. The summed E-state index contributed by atoms with van der Waals surface area (Å²) in [5, 5.41) is 10.8. The molecule has 10 heteroatoms. The molecule has 248 valence electrons. The maximum atomic E-state index is 13.5. The second-order valence-electron chi connectivity index (χ2n) is 11.0. The highest BCUT2D eigenvalue weighted by molar-refractivity contribution is 8.00. The van der Waals surface area contributed by atoms with Gasteiger partial charge < -0.3 is 20.7 Å². The van der Waals surface area contributed by atoms with Crippen LogP contribution in [-0.2, 0) is 14.3 Å². The van der Waals surface area contributed by atoms with E-state index in [2.05, 4.69) is 16.0 Å². The van der Waals surface area contributed by atoms with Crippen molar-refractivity contribution in [1.82, 2.24) is 5.32 Å². The second kappa shape index (κ2) is 16.6. The highest BCUT2D eigenvalue weighted by Crippen LogP contribution is 2.36. The monoisotopic (exact) mass is 689 g/mol. The predicted octanol–water partition coefficient (Wildman–Crippen LogP) is 8.35. The predicted molar refractivity (Wildman–Crippen MR) is 198 cm³/mol. The van der Waals surface area contributed by atoms with Gasteiger partial charge in [0, 0.05) is 27.1 Å². The van der Waals surface area contributed by atoms with E-state index in [1.807, 2.05) is 79.9 Å². The molecule has 49 heavy (non-hydrogen) atoms.